The lowest BCUT2D eigenvalue weighted by atomic mass is 10.0. The SMILES string of the molecule is CCc1ccc(NCC(=O)NC2=CCC(=O)CC2)cc1. The van der Waals surface area contributed by atoms with Gasteiger partial charge in [-0.25, -0.2) is 0 Å². The van der Waals surface area contributed by atoms with Crippen LogP contribution < -0.4 is 10.6 Å². The van der Waals surface area contributed by atoms with Crippen molar-refractivity contribution in [1.29, 1.82) is 0 Å². The minimum Gasteiger partial charge on any atom is -0.376 e. The molecule has 1 aromatic carbocycles. The largest absolute Gasteiger partial charge is 0.376 e. The number of anilines is 1. The molecule has 0 bridgehead atoms. The number of rotatable bonds is 5. The summed E-state index contributed by atoms with van der Waals surface area (Å²) in [5.41, 5.74) is 3.07. The van der Waals surface area contributed by atoms with Crippen molar-refractivity contribution in [1.82, 2.24) is 5.32 Å². The van der Waals surface area contributed by atoms with E-state index in [0.717, 1.165) is 17.8 Å². The number of Topliss-reactive ketones (excluding diaryl/α,β-unsaturated/α-hetero) is 1. The second kappa shape index (κ2) is 6.89. The minimum absolute atomic E-state index is 0.0785. The summed E-state index contributed by atoms with van der Waals surface area (Å²) in [6, 6.07) is 8.06. The molecule has 0 aliphatic heterocycles. The third kappa shape index (κ3) is 4.23. The van der Waals surface area contributed by atoms with E-state index in [2.05, 4.69) is 29.7 Å². The highest BCUT2D eigenvalue weighted by Gasteiger charge is 2.12. The summed E-state index contributed by atoms with van der Waals surface area (Å²) in [6.07, 6.45) is 4.41. The predicted octanol–water partition coefficient (Wildman–Crippen LogP) is 2.41. The average molecular weight is 272 g/mol. The first-order chi connectivity index (χ1) is 9.67. The molecule has 0 heterocycles. The minimum atomic E-state index is -0.0785. The van der Waals surface area contributed by atoms with Gasteiger partial charge in [-0.3, -0.25) is 9.59 Å². The fraction of sp³-hybridized carbons (Fsp3) is 0.375. The van der Waals surface area contributed by atoms with E-state index >= 15 is 0 Å². The molecule has 2 rings (SSSR count). The summed E-state index contributed by atoms with van der Waals surface area (Å²) in [5, 5.41) is 5.93. The van der Waals surface area contributed by atoms with Gasteiger partial charge in [-0.05, 0) is 30.5 Å². The van der Waals surface area contributed by atoms with Crippen molar-refractivity contribution < 1.29 is 9.59 Å². The van der Waals surface area contributed by atoms with Crippen LogP contribution in [0.3, 0.4) is 0 Å². The molecule has 1 amide bonds. The third-order valence-corrected chi connectivity index (χ3v) is 3.36. The van der Waals surface area contributed by atoms with Gasteiger partial charge in [0.15, 0.2) is 0 Å². The van der Waals surface area contributed by atoms with Crippen LogP contribution in [0.25, 0.3) is 0 Å². The van der Waals surface area contributed by atoms with E-state index in [1.54, 1.807) is 6.08 Å². The van der Waals surface area contributed by atoms with E-state index in [4.69, 9.17) is 0 Å². The topological polar surface area (TPSA) is 58.2 Å². The molecule has 0 atom stereocenters. The zero-order valence-electron chi connectivity index (χ0n) is 11.7. The third-order valence-electron chi connectivity index (χ3n) is 3.36. The molecule has 1 aliphatic carbocycles. The molecule has 0 fully saturated rings. The van der Waals surface area contributed by atoms with Gasteiger partial charge in [0, 0.05) is 24.2 Å². The number of carbonyl (C=O) groups is 2. The van der Waals surface area contributed by atoms with E-state index < -0.39 is 0 Å². The fourth-order valence-electron chi connectivity index (χ4n) is 2.09. The lowest BCUT2D eigenvalue weighted by Crippen LogP contribution is -2.30. The maximum Gasteiger partial charge on any atom is 0.243 e. The van der Waals surface area contributed by atoms with Gasteiger partial charge >= 0.3 is 0 Å². The molecule has 4 nitrogen and oxygen atoms in total. The van der Waals surface area contributed by atoms with Crippen LogP contribution >= 0.6 is 0 Å². The van der Waals surface area contributed by atoms with Crippen LogP contribution in [0.2, 0.25) is 0 Å². The molecule has 20 heavy (non-hydrogen) atoms. The van der Waals surface area contributed by atoms with Crippen molar-refractivity contribution in [3.8, 4) is 0 Å². The first kappa shape index (κ1) is 14.3. The Labute approximate surface area is 119 Å². The highest BCUT2D eigenvalue weighted by molar-refractivity contribution is 5.84. The van der Waals surface area contributed by atoms with Crippen molar-refractivity contribution in [3.05, 3.63) is 41.6 Å². The Kier molecular flexibility index (Phi) is 4.93. The summed E-state index contributed by atoms with van der Waals surface area (Å²) < 4.78 is 0. The number of nitrogens with one attached hydrogen (secondary N) is 2. The van der Waals surface area contributed by atoms with E-state index in [9.17, 15) is 9.59 Å². The molecule has 0 unspecified atom stereocenters. The number of hydrogen-bond donors (Lipinski definition) is 2. The van der Waals surface area contributed by atoms with Crippen LogP contribution in [0.5, 0.6) is 0 Å². The second-order valence-electron chi connectivity index (χ2n) is 4.92. The van der Waals surface area contributed by atoms with Gasteiger partial charge in [-0.2, -0.15) is 0 Å². The molecule has 4 heteroatoms. The number of amides is 1. The van der Waals surface area contributed by atoms with Crippen molar-refractivity contribution in [2.45, 2.75) is 32.6 Å². The number of hydrogen-bond acceptors (Lipinski definition) is 3. The Morgan fingerprint density at radius 2 is 1.95 bits per heavy atom. The van der Waals surface area contributed by atoms with Gasteiger partial charge < -0.3 is 10.6 Å². The van der Waals surface area contributed by atoms with Gasteiger partial charge in [-0.15, -0.1) is 0 Å². The summed E-state index contributed by atoms with van der Waals surface area (Å²) >= 11 is 0. The molecule has 0 saturated carbocycles. The van der Waals surface area contributed by atoms with Crippen molar-refractivity contribution in [2.24, 2.45) is 0 Å². The van der Waals surface area contributed by atoms with Crippen LogP contribution in [0.1, 0.15) is 31.7 Å². The van der Waals surface area contributed by atoms with E-state index in [0.29, 0.717) is 19.3 Å². The molecular formula is C16H20N2O2. The smallest absolute Gasteiger partial charge is 0.243 e. The zero-order valence-corrected chi connectivity index (χ0v) is 11.7. The normalized spacial score (nSPS) is 14.7. The molecule has 0 spiro atoms. The Morgan fingerprint density at radius 3 is 2.55 bits per heavy atom. The molecule has 1 aliphatic rings. The van der Waals surface area contributed by atoms with Crippen molar-refractivity contribution in [3.63, 3.8) is 0 Å². The lowest BCUT2D eigenvalue weighted by molar-refractivity contribution is -0.120. The highest BCUT2D eigenvalue weighted by Crippen LogP contribution is 2.12. The predicted molar refractivity (Wildman–Crippen MR) is 79.4 cm³/mol. The fourth-order valence-corrected chi connectivity index (χ4v) is 2.09. The monoisotopic (exact) mass is 272 g/mol. The van der Waals surface area contributed by atoms with Gasteiger partial charge in [0.05, 0.1) is 6.54 Å². The average Bonchev–Trinajstić information content (AvgIpc) is 2.48. The summed E-state index contributed by atoms with van der Waals surface area (Å²) in [6.45, 7) is 2.34. The summed E-state index contributed by atoms with van der Waals surface area (Å²) in [7, 11) is 0. The van der Waals surface area contributed by atoms with Crippen molar-refractivity contribution in [2.75, 3.05) is 11.9 Å². The molecule has 0 saturated heterocycles. The number of carbonyl (C=O) groups excluding carboxylic acids is 2. The molecule has 0 aromatic heterocycles. The Bertz CT molecular complexity index is 518. The summed E-state index contributed by atoms with van der Waals surface area (Å²) in [5.74, 6) is 0.155. The van der Waals surface area contributed by atoms with Gasteiger partial charge in [0.25, 0.3) is 0 Å². The van der Waals surface area contributed by atoms with Gasteiger partial charge in [0.2, 0.25) is 5.91 Å². The molecular weight excluding hydrogens is 252 g/mol. The van der Waals surface area contributed by atoms with Crippen LogP contribution in [-0.4, -0.2) is 18.2 Å². The number of allylic oxidation sites excluding steroid dienone is 2. The van der Waals surface area contributed by atoms with Crippen LogP contribution in [-0.2, 0) is 16.0 Å². The van der Waals surface area contributed by atoms with Crippen molar-refractivity contribution >= 4 is 17.4 Å². The number of aryl methyl sites for hydroxylation is 1. The highest BCUT2D eigenvalue weighted by atomic mass is 16.2. The first-order valence-corrected chi connectivity index (χ1v) is 7.00. The number of ketones is 1. The van der Waals surface area contributed by atoms with Crippen LogP contribution in [0.15, 0.2) is 36.0 Å². The first-order valence-electron chi connectivity index (χ1n) is 7.00. The summed E-state index contributed by atoms with van der Waals surface area (Å²) in [4.78, 5) is 22.9. The molecule has 2 N–H and O–H groups in total. The lowest BCUT2D eigenvalue weighted by Gasteiger charge is -2.14. The maximum atomic E-state index is 11.8. The van der Waals surface area contributed by atoms with Crippen LogP contribution in [0.4, 0.5) is 5.69 Å². The van der Waals surface area contributed by atoms with Crippen LogP contribution in [0, 0.1) is 0 Å². The Hall–Kier alpha value is -2.10. The molecule has 1 aromatic rings. The quantitative estimate of drug-likeness (QED) is 0.865. The molecule has 0 radical (unpaired) electrons. The Balaban J connectivity index is 1.78. The van der Waals surface area contributed by atoms with E-state index in [1.165, 1.54) is 5.56 Å². The Morgan fingerprint density at radius 1 is 1.20 bits per heavy atom. The maximum absolute atomic E-state index is 11.8. The number of benzene rings is 1. The van der Waals surface area contributed by atoms with E-state index in [-0.39, 0.29) is 18.2 Å². The molecule has 106 valence electrons. The van der Waals surface area contributed by atoms with Gasteiger partial charge in [0.1, 0.15) is 5.78 Å². The van der Waals surface area contributed by atoms with Gasteiger partial charge in [-0.1, -0.05) is 25.1 Å². The second-order valence-corrected chi connectivity index (χ2v) is 4.92. The standard InChI is InChI=1S/C16H20N2O2/c1-2-12-3-5-13(6-4-12)17-11-16(20)18-14-7-9-15(19)10-8-14/h3-7,17H,2,8-11H2,1H3,(H,18,20). The van der Waals surface area contributed by atoms with E-state index in [1.807, 2.05) is 12.1 Å². The zero-order chi connectivity index (χ0) is 14.4.